The number of methoxy groups -OCH3 is 1. The van der Waals surface area contributed by atoms with Crippen LogP contribution in [-0.4, -0.2) is 36.9 Å². The maximum absolute atomic E-state index is 12.0. The van der Waals surface area contributed by atoms with Gasteiger partial charge in [-0.3, -0.25) is 14.4 Å². The van der Waals surface area contributed by atoms with E-state index in [1.807, 2.05) is 13.8 Å². The number of Topliss-reactive ketones (excluding diaryl/α,β-unsaturated/α-hetero) is 2. The number of carbonyl (C=O) groups excluding carboxylic acids is 3. The molecule has 0 bridgehead atoms. The first-order chi connectivity index (χ1) is 9.30. The summed E-state index contributed by atoms with van der Waals surface area (Å²) < 4.78 is 10.3. The van der Waals surface area contributed by atoms with Crippen molar-refractivity contribution in [2.45, 2.75) is 52.1 Å². The minimum atomic E-state index is -0.791. The number of rotatable bonds is 6. The van der Waals surface area contributed by atoms with Crippen molar-refractivity contribution in [2.24, 2.45) is 11.8 Å². The molecule has 1 aliphatic rings. The lowest BCUT2D eigenvalue weighted by Crippen LogP contribution is -2.40. The third-order valence-corrected chi connectivity index (χ3v) is 3.89. The van der Waals surface area contributed by atoms with Crippen LogP contribution in [0.25, 0.3) is 0 Å². The maximum Gasteiger partial charge on any atom is 0.316 e. The van der Waals surface area contributed by atoms with E-state index >= 15 is 0 Å². The van der Waals surface area contributed by atoms with Crippen LogP contribution in [-0.2, 0) is 23.9 Å². The van der Waals surface area contributed by atoms with Crippen molar-refractivity contribution < 1.29 is 23.9 Å². The second-order valence-corrected chi connectivity index (χ2v) is 5.88. The Kier molecular flexibility index (Phi) is 5.87. The van der Waals surface area contributed by atoms with E-state index in [2.05, 4.69) is 0 Å². The van der Waals surface area contributed by atoms with Gasteiger partial charge in [0.1, 0.15) is 11.7 Å². The molecule has 5 heteroatoms. The zero-order valence-electron chi connectivity index (χ0n) is 12.7. The minimum absolute atomic E-state index is 0.0872. The van der Waals surface area contributed by atoms with Crippen LogP contribution in [0, 0.1) is 11.8 Å². The van der Waals surface area contributed by atoms with Gasteiger partial charge in [-0.25, -0.2) is 0 Å². The van der Waals surface area contributed by atoms with Gasteiger partial charge in [-0.05, 0) is 39.5 Å². The van der Waals surface area contributed by atoms with Crippen molar-refractivity contribution in [1.82, 2.24) is 0 Å². The highest BCUT2D eigenvalue weighted by Crippen LogP contribution is 2.32. The zero-order chi connectivity index (χ0) is 15.3. The first kappa shape index (κ1) is 16.8. The molecule has 0 aliphatic heterocycles. The fraction of sp³-hybridized carbons (Fsp3) is 0.800. The van der Waals surface area contributed by atoms with E-state index in [-0.39, 0.29) is 42.5 Å². The Bertz CT molecular complexity index is 386. The SMILES string of the molecule is CCOC(=O)[C@@H]1C(=O)CC(=O)C[C@H]1CCC(C)(C)OC. The summed E-state index contributed by atoms with van der Waals surface area (Å²) in [5.74, 6) is -1.95. The highest BCUT2D eigenvalue weighted by molar-refractivity contribution is 6.10. The van der Waals surface area contributed by atoms with Gasteiger partial charge in [0.15, 0.2) is 5.78 Å². The summed E-state index contributed by atoms with van der Waals surface area (Å²) in [6.45, 7) is 5.84. The molecule has 1 rings (SSSR count). The summed E-state index contributed by atoms with van der Waals surface area (Å²) in [6, 6.07) is 0. The fourth-order valence-corrected chi connectivity index (χ4v) is 2.51. The van der Waals surface area contributed by atoms with Gasteiger partial charge < -0.3 is 9.47 Å². The third kappa shape index (κ3) is 4.40. The van der Waals surface area contributed by atoms with Crippen LogP contribution in [0.2, 0.25) is 0 Å². The van der Waals surface area contributed by atoms with Crippen LogP contribution in [0.4, 0.5) is 0 Å². The summed E-state index contributed by atoms with van der Waals surface area (Å²) in [5.41, 5.74) is -0.331. The van der Waals surface area contributed by atoms with Gasteiger partial charge in [0, 0.05) is 13.5 Å². The first-order valence-corrected chi connectivity index (χ1v) is 7.07. The van der Waals surface area contributed by atoms with Gasteiger partial charge in [-0.15, -0.1) is 0 Å². The molecule has 0 N–H and O–H groups in total. The van der Waals surface area contributed by atoms with Gasteiger partial charge in [-0.1, -0.05) is 0 Å². The Morgan fingerprint density at radius 3 is 2.55 bits per heavy atom. The van der Waals surface area contributed by atoms with Crippen LogP contribution in [0.1, 0.15) is 46.5 Å². The van der Waals surface area contributed by atoms with Crippen molar-refractivity contribution in [3.05, 3.63) is 0 Å². The monoisotopic (exact) mass is 284 g/mol. The smallest absolute Gasteiger partial charge is 0.316 e. The Morgan fingerprint density at radius 2 is 2.00 bits per heavy atom. The molecule has 0 spiro atoms. The molecule has 2 atom stereocenters. The van der Waals surface area contributed by atoms with Gasteiger partial charge in [0.25, 0.3) is 0 Å². The molecule has 5 nitrogen and oxygen atoms in total. The van der Waals surface area contributed by atoms with E-state index in [0.717, 1.165) is 0 Å². The molecule has 0 aromatic carbocycles. The number of ketones is 2. The van der Waals surface area contributed by atoms with Gasteiger partial charge in [-0.2, -0.15) is 0 Å². The number of ether oxygens (including phenoxy) is 2. The molecule has 1 aliphatic carbocycles. The minimum Gasteiger partial charge on any atom is -0.465 e. The standard InChI is InChI=1S/C15H24O5/c1-5-20-14(18)13-10(6-7-15(2,3)19-4)8-11(16)9-12(13)17/h10,13H,5-9H2,1-4H3/t10-,13+/m1/s1. The second kappa shape index (κ2) is 6.97. The van der Waals surface area contributed by atoms with Gasteiger partial charge >= 0.3 is 5.97 Å². The highest BCUT2D eigenvalue weighted by atomic mass is 16.5. The van der Waals surface area contributed by atoms with Crippen molar-refractivity contribution in [3.63, 3.8) is 0 Å². The van der Waals surface area contributed by atoms with Gasteiger partial charge in [0.05, 0.1) is 18.6 Å². The molecule has 1 saturated carbocycles. The molecule has 0 aromatic rings. The molecular weight excluding hydrogens is 260 g/mol. The molecular formula is C15H24O5. The predicted molar refractivity (Wildman–Crippen MR) is 73.2 cm³/mol. The van der Waals surface area contributed by atoms with Crippen molar-refractivity contribution in [2.75, 3.05) is 13.7 Å². The first-order valence-electron chi connectivity index (χ1n) is 7.07. The predicted octanol–water partition coefficient (Wildman–Crippen LogP) is 1.92. The second-order valence-electron chi connectivity index (χ2n) is 5.88. The number of carbonyl (C=O) groups is 3. The lowest BCUT2D eigenvalue weighted by atomic mass is 9.74. The number of hydrogen-bond acceptors (Lipinski definition) is 5. The van der Waals surface area contributed by atoms with Crippen LogP contribution in [0.5, 0.6) is 0 Å². The highest BCUT2D eigenvalue weighted by Gasteiger charge is 2.41. The summed E-state index contributed by atoms with van der Waals surface area (Å²) in [7, 11) is 1.63. The van der Waals surface area contributed by atoms with E-state index in [9.17, 15) is 14.4 Å². The fourth-order valence-electron chi connectivity index (χ4n) is 2.51. The molecule has 0 unspecified atom stereocenters. The molecule has 0 amide bonds. The summed E-state index contributed by atoms with van der Waals surface area (Å²) in [5, 5.41) is 0. The summed E-state index contributed by atoms with van der Waals surface area (Å²) in [6.07, 6.45) is 1.41. The lowest BCUT2D eigenvalue weighted by molar-refractivity contribution is -0.156. The molecule has 0 radical (unpaired) electrons. The van der Waals surface area contributed by atoms with E-state index in [1.165, 1.54) is 0 Å². The third-order valence-electron chi connectivity index (χ3n) is 3.89. The molecule has 20 heavy (non-hydrogen) atoms. The average molecular weight is 284 g/mol. The van der Waals surface area contributed by atoms with Crippen LogP contribution >= 0.6 is 0 Å². The van der Waals surface area contributed by atoms with E-state index in [4.69, 9.17) is 9.47 Å². The molecule has 114 valence electrons. The summed E-state index contributed by atoms with van der Waals surface area (Å²) >= 11 is 0. The van der Waals surface area contributed by atoms with Crippen molar-refractivity contribution in [1.29, 1.82) is 0 Å². The van der Waals surface area contributed by atoms with Gasteiger partial charge in [0.2, 0.25) is 0 Å². The number of hydrogen-bond donors (Lipinski definition) is 0. The van der Waals surface area contributed by atoms with Crippen LogP contribution < -0.4 is 0 Å². The Balaban J connectivity index is 2.78. The molecule has 1 fully saturated rings. The zero-order valence-corrected chi connectivity index (χ0v) is 12.7. The summed E-state index contributed by atoms with van der Waals surface area (Å²) in [4.78, 5) is 35.5. The van der Waals surface area contributed by atoms with E-state index in [1.54, 1.807) is 14.0 Å². The normalized spacial score (nSPS) is 23.8. The Labute approximate surface area is 120 Å². The van der Waals surface area contributed by atoms with Crippen molar-refractivity contribution >= 4 is 17.5 Å². The lowest BCUT2D eigenvalue weighted by Gasteiger charge is -2.31. The topological polar surface area (TPSA) is 69.7 Å². The molecule has 0 saturated heterocycles. The van der Waals surface area contributed by atoms with E-state index < -0.39 is 11.9 Å². The number of esters is 1. The quantitative estimate of drug-likeness (QED) is 0.550. The van der Waals surface area contributed by atoms with Crippen LogP contribution in [0.3, 0.4) is 0 Å². The largest absolute Gasteiger partial charge is 0.465 e. The van der Waals surface area contributed by atoms with E-state index in [0.29, 0.717) is 12.8 Å². The Hall–Kier alpha value is -1.23. The van der Waals surface area contributed by atoms with Crippen molar-refractivity contribution in [3.8, 4) is 0 Å². The maximum atomic E-state index is 12.0. The average Bonchev–Trinajstić information content (AvgIpc) is 2.36. The molecule has 0 heterocycles. The Morgan fingerprint density at radius 1 is 1.35 bits per heavy atom. The van der Waals surface area contributed by atoms with Crippen LogP contribution in [0.15, 0.2) is 0 Å². The molecule has 0 aromatic heterocycles.